The average molecular weight is 493 g/mol. The Kier molecular flexibility index (Phi) is 6.74. The van der Waals surface area contributed by atoms with E-state index in [1.807, 2.05) is 32.9 Å². The first-order valence-corrected chi connectivity index (χ1v) is 10.5. The van der Waals surface area contributed by atoms with Crippen LogP contribution in [0.25, 0.3) is 11.0 Å². The minimum atomic E-state index is -1.01. The number of hydrogen-bond acceptors (Lipinski definition) is 3. The summed E-state index contributed by atoms with van der Waals surface area (Å²) >= 11 is 3.38. The third kappa shape index (κ3) is 4.92. The van der Waals surface area contributed by atoms with Crippen LogP contribution in [0.15, 0.2) is 41.1 Å². The lowest BCUT2D eigenvalue weighted by molar-refractivity contribution is -0.137. The fourth-order valence-corrected chi connectivity index (χ4v) is 3.92. The number of imidazole rings is 1. The zero-order valence-electron chi connectivity index (χ0n) is 17.6. The standard InChI is InChI=1S/C22H23BrF2N4O2/c1-12(2)21(29-11-26-18-8-15(24)16(25)9-19(18)29)22(31)28(4)10-20(30)27-17-6-5-14(23)7-13(17)3/h5-9,11-12,21H,10H2,1-4H3,(H,27,30)/t21-/m1/s1. The summed E-state index contributed by atoms with van der Waals surface area (Å²) in [5, 5.41) is 2.81. The number of amides is 2. The molecule has 6 nitrogen and oxygen atoms in total. The van der Waals surface area contributed by atoms with Gasteiger partial charge in [-0.3, -0.25) is 9.59 Å². The summed E-state index contributed by atoms with van der Waals surface area (Å²) in [7, 11) is 1.53. The van der Waals surface area contributed by atoms with Crippen LogP contribution in [0, 0.1) is 24.5 Å². The molecule has 2 aromatic carbocycles. The number of likely N-dealkylation sites (N-methyl/N-ethyl adjacent to an activating group) is 1. The van der Waals surface area contributed by atoms with E-state index < -0.39 is 17.7 Å². The molecule has 3 aromatic rings. The number of benzene rings is 2. The van der Waals surface area contributed by atoms with Crippen LogP contribution in [0.3, 0.4) is 0 Å². The predicted octanol–water partition coefficient (Wildman–Crippen LogP) is 4.68. The van der Waals surface area contributed by atoms with Gasteiger partial charge >= 0.3 is 0 Å². The van der Waals surface area contributed by atoms with Crippen molar-refractivity contribution in [3.8, 4) is 0 Å². The third-order valence-corrected chi connectivity index (χ3v) is 5.51. The quantitative estimate of drug-likeness (QED) is 0.543. The molecular weight excluding hydrogens is 470 g/mol. The second kappa shape index (κ2) is 9.13. The highest BCUT2D eigenvalue weighted by Crippen LogP contribution is 2.27. The number of aryl methyl sites for hydroxylation is 1. The van der Waals surface area contributed by atoms with E-state index >= 15 is 0 Å². The van der Waals surface area contributed by atoms with E-state index in [0.717, 1.165) is 22.2 Å². The SMILES string of the molecule is Cc1cc(Br)ccc1NC(=O)CN(C)C(=O)[C@@H](C(C)C)n1cnc2cc(F)c(F)cc21. The zero-order valence-corrected chi connectivity index (χ0v) is 19.2. The second-order valence-corrected chi connectivity index (χ2v) is 8.71. The van der Waals surface area contributed by atoms with Crippen molar-refractivity contribution in [2.24, 2.45) is 5.92 Å². The molecule has 0 unspecified atom stereocenters. The van der Waals surface area contributed by atoms with Crippen molar-refractivity contribution in [2.45, 2.75) is 26.8 Å². The van der Waals surface area contributed by atoms with Gasteiger partial charge in [0.05, 0.1) is 23.9 Å². The number of nitrogens with one attached hydrogen (secondary N) is 1. The van der Waals surface area contributed by atoms with Crippen molar-refractivity contribution in [1.82, 2.24) is 14.5 Å². The molecule has 0 saturated heterocycles. The summed E-state index contributed by atoms with van der Waals surface area (Å²) in [5.74, 6) is -2.87. The number of aromatic nitrogens is 2. The molecule has 2 amide bonds. The van der Waals surface area contributed by atoms with E-state index in [2.05, 4.69) is 26.2 Å². The Morgan fingerprint density at radius 3 is 2.52 bits per heavy atom. The van der Waals surface area contributed by atoms with Crippen molar-refractivity contribution in [2.75, 3.05) is 18.9 Å². The normalized spacial score (nSPS) is 12.3. The lowest BCUT2D eigenvalue weighted by atomic mass is 10.0. The van der Waals surface area contributed by atoms with E-state index in [0.29, 0.717) is 11.2 Å². The number of carbonyl (C=O) groups is 2. The van der Waals surface area contributed by atoms with Gasteiger partial charge in [0.25, 0.3) is 0 Å². The molecule has 0 aliphatic carbocycles. The maximum atomic E-state index is 13.8. The molecule has 0 fully saturated rings. The lowest BCUT2D eigenvalue weighted by Gasteiger charge is -2.27. The molecule has 31 heavy (non-hydrogen) atoms. The minimum Gasteiger partial charge on any atom is -0.335 e. The van der Waals surface area contributed by atoms with E-state index in [9.17, 15) is 18.4 Å². The highest BCUT2D eigenvalue weighted by atomic mass is 79.9. The van der Waals surface area contributed by atoms with Crippen LogP contribution >= 0.6 is 15.9 Å². The van der Waals surface area contributed by atoms with Crippen LogP contribution in [-0.2, 0) is 9.59 Å². The van der Waals surface area contributed by atoms with Crippen LogP contribution in [0.5, 0.6) is 0 Å². The van der Waals surface area contributed by atoms with Crippen LogP contribution in [0.1, 0.15) is 25.5 Å². The molecule has 9 heteroatoms. The van der Waals surface area contributed by atoms with Gasteiger partial charge in [-0.2, -0.15) is 0 Å². The van der Waals surface area contributed by atoms with Crippen LogP contribution < -0.4 is 5.32 Å². The molecule has 0 saturated carbocycles. The monoisotopic (exact) mass is 492 g/mol. The Morgan fingerprint density at radius 1 is 1.19 bits per heavy atom. The maximum Gasteiger partial charge on any atom is 0.246 e. The van der Waals surface area contributed by atoms with Gasteiger partial charge in [0, 0.05) is 29.3 Å². The summed E-state index contributed by atoms with van der Waals surface area (Å²) in [6.07, 6.45) is 1.39. The number of hydrogen-bond donors (Lipinski definition) is 1. The van der Waals surface area contributed by atoms with Gasteiger partial charge in [-0.1, -0.05) is 29.8 Å². The summed E-state index contributed by atoms with van der Waals surface area (Å²) in [4.78, 5) is 31.1. The number of fused-ring (bicyclic) bond motifs is 1. The van der Waals surface area contributed by atoms with Gasteiger partial charge in [-0.15, -0.1) is 0 Å². The molecule has 1 aromatic heterocycles. The van der Waals surface area contributed by atoms with Gasteiger partial charge in [0.1, 0.15) is 6.04 Å². The fourth-order valence-electron chi connectivity index (χ4n) is 3.45. The van der Waals surface area contributed by atoms with Crippen molar-refractivity contribution in [1.29, 1.82) is 0 Å². The topological polar surface area (TPSA) is 67.2 Å². The first-order chi connectivity index (χ1) is 14.6. The Balaban J connectivity index is 1.80. The van der Waals surface area contributed by atoms with E-state index in [1.165, 1.54) is 22.8 Å². The predicted molar refractivity (Wildman–Crippen MR) is 119 cm³/mol. The minimum absolute atomic E-state index is 0.160. The van der Waals surface area contributed by atoms with E-state index in [1.54, 1.807) is 6.07 Å². The lowest BCUT2D eigenvalue weighted by Crippen LogP contribution is -2.41. The smallest absolute Gasteiger partial charge is 0.246 e. The Bertz CT molecular complexity index is 1150. The van der Waals surface area contributed by atoms with Crippen molar-refractivity contribution in [3.63, 3.8) is 0 Å². The zero-order chi connectivity index (χ0) is 22.9. The van der Waals surface area contributed by atoms with Crippen LogP contribution in [0.2, 0.25) is 0 Å². The van der Waals surface area contributed by atoms with Crippen molar-refractivity contribution < 1.29 is 18.4 Å². The maximum absolute atomic E-state index is 13.8. The molecule has 1 N–H and O–H groups in total. The summed E-state index contributed by atoms with van der Waals surface area (Å²) < 4.78 is 29.8. The highest BCUT2D eigenvalue weighted by Gasteiger charge is 2.29. The van der Waals surface area contributed by atoms with Crippen LogP contribution in [-0.4, -0.2) is 39.9 Å². The van der Waals surface area contributed by atoms with Gasteiger partial charge in [0.2, 0.25) is 11.8 Å². The molecule has 0 bridgehead atoms. The fraction of sp³-hybridized carbons (Fsp3) is 0.318. The first-order valence-electron chi connectivity index (χ1n) is 9.71. The van der Waals surface area contributed by atoms with Gasteiger partial charge in [-0.25, -0.2) is 13.8 Å². The molecule has 1 heterocycles. The molecule has 0 radical (unpaired) electrons. The van der Waals surface area contributed by atoms with Gasteiger partial charge < -0.3 is 14.8 Å². The first kappa shape index (κ1) is 22.9. The highest BCUT2D eigenvalue weighted by molar-refractivity contribution is 9.10. The van der Waals surface area contributed by atoms with Gasteiger partial charge in [0.15, 0.2) is 11.6 Å². The van der Waals surface area contributed by atoms with Crippen molar-refractivity contribution in [3.05, 3.63) is 58.3 Å². The number of anilines is 1. The third-order valence-electron chi connectivity index (χ3n) is 5.02. The largest absolute Gasteiger partial charge is 0.335 e. The van der Waals surface area contributed by atoms with E-state index in [4.69, 9.17) is 0 Å². The van der Waals surface area contributed by atoms with Gasteiger partial charge in [-0.05, 0) is 36.6 Å². The van der Waals surface area contributed by atoms with Crippen molar-refractivity contribution >= 4 is 44.5 Å². The number of rotatable bonds is 6. The molecule has 164 valence electrons. The molecule has 0 aliphatic heterocycles. The van der Waals surface area contributed by atoms with Crippen LogP contribution in [0.4, 0.5) is 14.5 Å². The molecule has 0 aliphatic rings. The Labute approximate surface area is 187 Å². The summed E-state index contributed by atoms with van der Waals surface area (Å²) in [5.41, 5.74) is 2.11. The van der Waals surface area contributed by atoms with E-state index in [-0.39, 0.29) is 29.8 Å². The molecule has 1 atom stereocenters. The Morgan fingerprint density at radius 2 is 1.87 bits per heavy atom. The number of carbonyl (C=O) groups excluding carboxylic acids is 2. The molecule has 0 spiro atoms. The molecular formula is C22H23BrF2N4O2. The number of halogens is 3. The number of nitrogens with zero attached hydrogens (tertiary/aromatic N) is 3. The second-order valence-electron chi connectivity index (χ2n) is 7.80. The Hall–Kier alpha value is -2.81. The average Bonchev–Trinajstić information content (AvgIpc) is 3.06. The summed E-state index contributed by atoms with van der Waals surface area (Å²) in [6.45, 7) is 5.39. The summed E-state index contributed by atoms with van der Waals surface area (Å²) in [6, 6.07) is 6.77. The molecule has 3 rings (SSSR count).